The monoisotopic (exact) mass is 314 g/mol. The van der Waals surface area contributed by atoms with Gasteiger partial charge in [0.25, 0.3) is 0 Å². The molecule has 0 fully saturated rings. The van der Waals surface area contributed by atoms with Crippen LogP contribution >= 0.6 is 15.9 Å². The highest BCUT2D eigenvalue weighted by molar-refractivity contribution is 9.10. The summed E-state index contributed by atoms with van der Waals surface area (Å²) >= 11 is 3.12. The van der Waals surface area contributed by atoms with E-state index in [-0.39, 0.29) is 10.5 Å². The number of benzene rings is 1. The molecule has 5 heteroatoms. The van der Waals surface area contributed by atoms with Crippen molar-refractivity contribution in [2.45, 2.75) is 19.9 Å². The maximum atomic E-state index is 14.2. The van der Waals surface area contributed by atoms with Gasteiger partial charge in [-0.25, -0.2) is 4.39 Å². The quantitative estimate of drug-likeness (QED) is 0.836. The Hall–Kier alpha value is -1.12. The maximum absolute atomic E-state index is 14.2. The van der Waals surface area contributed by atoms with Crippen molar-refractivity contribution >= 4 is 21.6 Å². The van der Waals surface area contributed by atoms with Crippen LogP contribution in [-0.4, -0.2) is 26.3 Å². The Labute approximate surface area is 115 Å². The number of methoxy groups -OCH3 is 1. The van der Waals surface area contributed by atoms with Crippen molar-refractivity contribution in [3.63, 3.8) is 0 Å². The number of halogens is 2. The largest absolute Gasteiger partial charge is 0.383 e. The second kappa shape index (κ2) is 6.72. The average molecular weight is 315 g/mol. The normalized spacial score (nSPS) is 10.5. The minimum absolute atomic E-state index is 0.148. The number of nitriles is 1. The first-order valence-corrected chi connectivity index (χ1v) is 6.45. The van der Waals surface area contributed by atoms with Crippen molar-refractivity contribution in [1.29, 1.82) is 5.26 Å². The summed E-state index contributed by atoms with van der Waals surface area (Å²) in [6.07, 6.45) is 0. The van der Waals surface area contributed by atoms with Gasteiger partial charge in [-0.15, -0.1) is 0 Å². The van der Waals surface area contributed by atoms with E-state index in [0.717, 1.165) is 0 Å². The molecule has 0 radical (unpaired) electrons. The van der Waals surface area contributed by atoms with Crippen LogP contribution in [0.3, 0.4) is 0 Å². The molecule has 0 amide bonds. The van der Waals surface area contributed by atoms with E-state index in [1.165, 1.54) is 0 Å². The molecule has 0 aliphatic rings. The summed E-state index contributed by atoms with van der Waals surface area (Å²) in [5.74, 6) is -0.404. The molecule has 18 heavy (non-hydrogen) atoms. The molecular formula is C13H16BrFN2O. The molecule has 0 bridgehead atoms. The Morgan fingerprint density at radius 2 is 2.17 bits per heavy atom. The predicted molar refractivity (Wildman–Crippen MR) is 73.2 cm³/mol. The Kier molecular flexibility index (Phi) is 5.57. The van der Waals surface area contributed by atoms with Gasteiger partial charge >= 0.3 is 0 Å². The number of hydrogen-bond acceptors (Lipinski definition) is 3. The van der Waals surface area contributed by atoms with E-state index in [0.29, 0.717) is 24.4 Å². The molecule has 0 unspecified atom stereocenters. The first-order valence-electron chi connectivity index (χ1n) is 5.66. The third-order valence-electron chi connectivity index (χ3n) is 2.65. The summed E-state index contributed by atoms with van der Waals surface area (Å²) in [6, 6.07) is 5.34. The number of anilines is 1. The first-order chi connectivity index (χ1) is 8.52. The molecule has 1 rings (SSSR count). The van der Waals surface area contributed by atoms with Crippen molar-refractivity contribution in [2.75, 3.05) is 25.2 Å². The third kappa shape index (κ3) is 3.21. The summed E-state index contributed by atoms with van der Waals surface area (Å²) in [5, 5.41) is 8.84. The van der Waals surface area contributed by atoms with E-state index in [1.54, 1.807) is 19.2 Å². The topological polar surface area (TPSA) is 36.3 Å². The molecule has 0 aromatic heterocycles. The Balaban J connectivity index is 3.14. The predicted octanol–water partition coefficient (Wildman–Crippen LogP) is 3.32. The Bertz CT molecular complexity index is 457. The van der Waals surface area contributed by atoms with Crippen LogP contribution in [-0.2, 0) is 4.74 Å². The lowest BCUT2D eigenvalue weighted by atomic mass is 10.1. The smallest absolute Gasteiger partial charge is 0.161 e. The van der Waals surface area contributed by atoms with Crippen molar-refractivity contribution in [2.24, 2.45) is 0 Å². The number of ether oxygens (including phenoxy) is 1. The zero-order valence-electron chi connectivity index (χ0n) is 10.7. The molecule has 0 saturated heterocycles. The van der Waals surface area contributed by atoms with Gasteiger partial charge in [0.15, 0.2) is 5.82 Å². The molecule has 1 aromatic rings. The standard InChI is InChI=1S/C13H16BrFN2O/c1-9(2)17(6-7-18-3)11-5-4-10(8-16)12(14)13(11)15/h4-5,9H,6-7H2,1-3H3. The number of nitrogens with zero attached hydrogens (tertiary/aromatic N) is 2. The minimum atomic E-state index is -0.404. The lowest BCUT2D eigenvalue weighted by molar-refractivity contribution is 0.203. The molecule has 0 saturated carbocycles. The second-order valence-electron chi connectivity index (χ2n) is 4.15. The van der Waals surface area contributed by atoms with Crippen LogP contribution in [0.4, 0.5) is 10.1 Å². The lowest BCUT2D eigenvalue weighted by Crippen LogP contribution is -2.34. The number of rotatable bonds is 5. The minimum Gasteiger partial charge on any atom is -0.383 e. The van der Waals surface area contributed by atoms with Gasteiger partial charge in [-0.2, -0.15) is 5.26 Å². The molecule has 0 aliphatic heterocycles. The van der Waals surface area contributed by atoms with Crippen LogP contribution in [0.25, 0.3) is 0 Å². The summed E-state index contributed by atoms with van der Waals surface area (Å²) in [4.78, 5) is 1.91. The van der Waals surface area contributed by atoms with Gasteiger partial charge in [-0.3, -0.25) is 0 Å². The van der Waals surface area contributed by atoms with Gasteiger partial charge in [-0.05, 0) is 41.9 Å². The molecule has 1 aromatic carbocycles. The van der Waals surface area contributed by atoms with Crippen LogP contribution < -0.4 is 4.90 Å². The summed E-state index contributed by atoms with van der Waals surface area (Å²) in [6.45, 7) is 5.10. The molecule has 0 aliphatic carbocycles. The SMILES string of the molecule is COCCN(c1ccc(C#N)c(Br)c1F)C(C)C. The van der Waals surface area contributed by atoms with Crippen LogP contribution in [0.1, 0.15) is 19.4 Å². The van der Waals surface area contributed by atoms with Crippen molar-refractivity contribution in [3.8, 4) is 6.07 Å². The fraction of sp³-hybridized carbons (Fsp3) is 0.462. The molecular weight excluding hydrogens is 299 g/mol. The second-order valence-corrected chi connectivity index (χ2v) is 4.94. The average Bonchev–Trinajstić information content (AvgIpc) is 2.34. The van der Waals surface area contributed by atoms with Gasteiger partial charge in [0.05, 0.1) is 22.3 Å². The number of hydrogen-bond donors (Lipinski definition) is 0. The maximum Gasteiger partial charge on any atom is 0.161 e. The van der Waals surface area contributed by atoms with E-state index in [9.17, 15) is 4.39 Å². The highest BCUT2D eigenvalue weighted by Crippen LogP contribution is 2.30. The first kappa shape index (κ1) is 14.9. The van der Waals surface area contributed by atoms with E-state index in [2.05, 4.69) is 15.9 Å². The van der Waals surface area contributed by atoms with Crippen LogP contribution in [0.15, 0.2) is 16.6 Å². The Morgan fingerprint density at radius 3 is 2.67 bits per heavy atom. The highest BCUT2D eigenvalue weighted by Gasteiger charge is 2.18. The van der Waals surface area contributed by atoms with Crippen molar-refractivity contribution in [3.05, 3.63) is 28.0 Å². The zero-order valence-corrected chi connectivity index (χ0v) is 12.3. The van der Waals surface area contributed by atoms with Gasteiger partial charge < -0.3 is 9.64 Å². The van der Waals surface area contributed by atoms with Crippen molar-refractivity contribution in [1.82, 2.24) is 0 Å². The fourth-order valence-electron chi connectivity index (χ4n) is 1.69. The van der Waals surface area contributed by atoms with Crippen LogP contribution in [0, 0.1) is 17.1 Å². The van der Waals surface area contributed by atoms with Crippen LogP contribution in [0.5, 0.6) is 0 Å². The van der Waals surface area contributed by atoms with Crippen molar-refractivity contribution < 1.29 is 9.13 Å². The summed E-state index contributed by atoms with van der Waals surface area (Å²) in [5.41, 5.74) is 0.777. The molecule has 98 valence electrons. The van der Waals surface area contributed by atoms with E-state index >= 15 is 0 Å². The van der Waals surface area contributed by atoms with E-state index in [1.807, 2.05) is 24.8 Å². The van der Waals surface area contributed by atoms with E-state index < -0.39 is 5.82 Å². The van der Waals surface area contributed by atoms with Gasteiger partial charge in [-0.1, -0.05) is 0 Å². The van der Waals surface area contributed by atoms with Gasteiger partial charge in [0.1, 0.15) is 6.07 Å². The zero-order chi connectivity index (χ0) is 13.7. The molecule has 3 nitrogen and oxygen atoms in total. The Morgan fingerprint density at radius 1 is 1.50 bits per heavy atom. The van der Waals surface area contributed by atoms with E-state index in [4.69, 9.17) is 10.00 Å². The van der Waals surface area contributed by atoms with Crippen LogP contribution in [0.2, 0.25) is 0 Å². The molecule has 0 N–H and O–H groups in total. The molecule has 0 heterocycles. The lowest BCUT2D eigenvalue weighted by Gasteiger charge is -2.29. The van der Waals surface area contributed by atoms with Gasteiger partial charge in [0.2, 0.25) is 0 Å². The summed E-state index contributed by atoms with van der Waals surface area (Å²) < 4.78 is 19.5. The summed E-state index contributed by atoms with van der Waals surface area (Å²) in [7, 11) is 1.61. The fourth-order valence-corrected chi connectivity index (χ4v) is 2.12. The van der Waals surface area contributed by atoms with Gasteiger partial charge in [0, 0.05) is 19.7 Å². The molecule has 0 spiro atoms. The highest BCUT2D eigenvalue weighted by atomic mass is 79.9. The molecule has 0 atom stereocenters. The third-order valence-corrected chi connectivity index (χ3v) is 3.43.